The zero-order valence-electron chi connectivity index (χ0n) is 14.6. The number of hydrogen-bond donors (Lipinski definition) is 1. The van der Waals surface area contributed by atoms with Crippen molar-refractivity contribution in [2.45, 2.75) is 38.5 Å². The first-order chi connectivity index (χ1) is 12.7. The topological polar surface area (TPSA) is 83.6 Å². The Morgan fingerprint density at radius 2 is 1.88 bits per heavy atom. The van der Waals surface area contributed by atoms with E-state index in [4.69, 9.17) is 0 Å². The van der Waals surface area contributed by atoms with Gasteiger partial charge >= 0.3 is 0 Å². The van der Waals surface area contributed by atoms with Gasteiger partial charge < -0.3 is 5.32 Å². The minimum Gasteiger partial charge on any atom is -0.309 e. The maximum Gasteiger partial charge on any atom is 0.231 e. The molecule has 2 aromatic rings. The van der Waals surface area contributed by atoms with E-state index in [1.807, 2.05) is 18.2 Å². The number of aromatic nitrogens is 3. The van der Waals surface area contributed by atoms with Crippen molar-refractivity contribution in [3.63, 3.8) is 0 Å². The number of pyridine rings is 1. The number of carbonyl (C=O) groups excluding carboxylic acids is 1. The van der Waals surface area contributed by atoms with Gasteiger partial charge in [0, 0.05) is 6.20 Å². The van der Waals surface area contributed by atoms with Crippen LogP contribution in [0.25, 0.3) is 5.82 Å². The van der Waals surface area contributed by atoms with Crippen LogP contribution in [-0.4, -0.2) is 20.7 Å². The molecular weight excluding hydrogens is 326 g/mol. The first kappa shape index (κ1) is 15.6. The summed E-state index contributed by atoms with van der Waals surface area (Å²) in [4.78, 5) is 17.6. The van der Waals surface area contributed by atoms with Crippen molar-refractivity contribution in [1.29, 1.82) is 5.26 Å². The number of anilines is 1. The SMILES string of the molecule is N#Cc1cnn(-c2ccccn2)c1NC(=O)C12CC3CC(CC(C3)C1)C2. The van der Waals surface area contributed by atoms with Crippen molar-refractivity contribution in [2.75, 3.05) is 5.32 Å². The zero-order valence-corrected chi connectivity index (χ0v) is 14.6. The van der Waals surface area contributed by atoms with Gasteiger partial charge in [0.05, 0.1) is 11.6 Å². The number of nitrogens with one attached hydrogen (secondary N) is 1. The second-order valence-electron chi connectivity index (χ2n) is 8.27. The summed E-state index contributed by atoms with van der Waals surface area (Å²) >= 11 is 0. The van der Waals surface area contributed by atoms with Crippen LogP contribution in [0, 0.1) is 34.5 Å². The molecule has 6 rings (SSSR count). The maximum atomic E-state index is 13.3. The van der Waals surface area contributed by atoms with Gasteiger partial charge in [-0.1, -0.05) is 6.07 Å². The molecule has 4 aliphatic rings. The summed E-state index contributed by atoms with van der Waals surface area (Å²) in [6.45, 7) is 0. The van der Waals surface area contributed by atoms with E-state index in [1.54, 1.807) is 10.9 Å². The number of rotatable bonds is 3. The summed E-state index contributed by atoms with van der Waals surface area (Å²) in [5.74, 6) is 3.18. The minimum absolute atomic E-state index is 0.0609. The van der Waals surface area contributed by atoms with E-state index in [1.165, 1.54) is 25.5 Å². The molecule has 0 saturated heterocycles. The monoisotopic (exact) mass is 347 g/mol. The van der Waals surface area contributed by atoms with Crippen LogP contribution < -0.4 is 5.32 Å². The summed E-state index contributed by atoms with van der Waals surface area (Å²) in [5.41, 5.74) is 0.106. The third-order valence-corrected chi connectivity index (χ3v) is 6.51. The second-order valence-corrected chi connectivity index (χ2v) is 8.27. The molecule has 4 fully saturated rings. The Bertz CT molecular complexity index is 859. The van der Waals surface area contributed by atoms with Crippen LogP contribution in [-0.2, 0) is 4.79 Å². The average Bonchev–Trinajstić information content (AvgIpc) is 3.04. The largest absolute Gasteiger partial charge is 0.309 e. The molecule has 0 aliphatic heterocycles. The predicted molar refractivity (Wildman–Crippen MR) is 95.3 cm³/mol. The van der Waals surface area contributed by atoms with Crippen molar-refractivity contribution in [3.8, 4) is 11.9 Å². The van der Waals surface area contributed by atoms with Gasteiger partial charge in [-0.15, -0.1) is 0 Å². The van der Waals surface area contributed by atoms with Crippen molar-refractivity contribution < 1.29 is 4.79 Å². The second kappa shape index (κ2) is 5.66. The van der Waals surface area contributed by atoms with Crippen LogP contribution >= 0.6 is 0 Å². The van der Waals surface area contributed by atoms with Gasteiger partial charge in [0.2, 0.25) is 5.91 Å². The molecule has 1 amide bonds. The van der Waals surface area contributed by atoms with Gasteiger partial charge in [-0.25, -0.2) is 4.98 Å². The zero-order chi connectivity index (χ0) is 17.7. The molecule has 132 valence electrons. The Balaban J connectivity index is 1.48. The molecule has 0 unspecified atom stereocenters. The molecule has 0 radical (unpaired) electrons. The van der Waals surface area contributed by atoms with E-state index < -0.39 is 0 Å². The number of nitriles is 1. The normalized spacial score (nSPS) is 31.6. The smallest absolute Gasteiger partial charge is 0.231 e. The molecule has 0 atom stereocenters. The maximum absolute atomic E-state index is 13.3. The Kier molecular flexibility index (Phi) is 3.39. The molecule has 26 heavy (non-hydrogen) atoms. The van der Waals surface area contributed by atoms with E-state index >= 15 is 0 Å². The summed E-state index contributed by atoms with van der Waals surface area (Å²) in [6, 6.07) is 7.64. The number of amides is 1. The molecule has 4 bridgehead atoms. The molecular formula is C20H21N5O. The van der Waals surface area contributed by atoms with Gasteiger partial charge in [0.1, 0.15) is 11.6 Å². The molecule has 4 aliphatic carbocycles. The average molecular weight is 347 g/mol. The highest BCUT2D eigenvalue weighted by Gasteiger charge is 2.54. The molecule has 0 spiro atoms. The minimum atomic E-state index is -0.263. The van der Waals surface area contributed by atoms with Crippen LogP contribution in [0.2, 0.25) is 0 Å². The first-order valence-corrected chi connectivity index (χ1v) is 9.38. The molecule has 0 aromatic carbocycles. The standard InChI is InChI=1S/C20H21N5O/c21-11-16-12-23-25(17-3-1-2-4-22-17)18(16)24-19(26)20-8-13-5-14(9-20)7-15(6-13)10-20/h1-4,12-15H,5-10H2,(H,24,26). The molecule has 2 aromatic heterocycles. The fourth-order valence-electron chi connectivity index (χ4n) is 5.83. The van der Waals surface area contributed by atoms with E-state index in [0.29, 0.717) is 35.0 Å². The molecule has 6 nitrogen and oxygen atoms in total. The van der Waals surface area contributed by atoms with E-state index in [2.05, 4.69) is 21.5 Å². The van der Waals surface area contributed by atoms with Gasteiger partial charge in [-0.3, -0.25) is 4.79 Å². The summed E-state index contributed by atoms with van der Waals surface area (Å²) < 4.78 is 1.55. The highest BCUT2D eigenvalue weighted by molar-refractivity contribution is 5.96. The summed E-state index contributed by atoms with van der Waals surface area (Å²) in [7, 11) is 0. The molecule has 2 heterocycles. The van der Waals surface area contributed by atoms with Crippen LogP contribution in [0.1, 0.15) is 44.1 Å². The lowest BCUT2D eigenvalue weighted by Gasteiger charge is -2.55. The van der Waals surface area contributed by atoms with Crippen molar-refractivity contribution in [2.24, 2.45) is 23.2 Å². The highest BCUT2D eigenvalue weighted by atomic mass is 16.2. The van der Waals surface area contributed by atoms with Gasteiger partial charge in [0.15, 0.2) is 11.6 Å². The van der Waals surface area contributed by atoms with Gasteiger partial charge in [-0.2, -0.15) is 15.0 Å². The van der Waals surface area contributed by atoms with Crippen molar-refractivity contribution >= 4 is 11.7 Å². The van der Waals surface area contributed by atoms with Crippen molar-refractivity contribution in [1.82, 2.24) is 14.8 Å². The van der Waals surface area contributed by atoms with Crippen LogP contribution in [0.4, 0.5) is 5.82 Å². The molecule has 1 N–H and O–H groups in total. The highest BCUT2D eigenvalue weighted by Crippen LogP contribution is 2.60. The number of nitrogens with zero attached hydrogens (tertiary/aromatic N) is 4. The summed E-state index contributed by atoms with van der Waals surface area (Å²) in [6.07, 6.45) is 10.0. The fourth-order valence-corrected chi connectivity index (χ4v) is 5.83. The number of hydrogen-bond acceptors (Lipinski definition) is 4. The third kappa shape index (κ3) is 2.34. The fraction of sp³-hybridized carbons (Fsp3) is 0.500. The predicted octanol–water partition coefficient (Wildman–Crippen LogP) is 3.29. The Morgan fingerprint density at radius 3 is 2.46 bits per heavy atom. The Labute approximate surface area is 152 Å². The quantitative estimate of drug-likeness (QED) is 0.923. The Hall–Kier alpha value is -2.68. The van der Waals surface area contributed by atoms with Crippen LogP contribution in [0.3, 0.4) is 0 Å². The van der Waals surface area contributed by atoms with E-state index in [0.717, 1.165) is 19.3 Å². The number of carbonyl (C=O) groups is 1. The van der Waals surface area contributed by atoms with Crippen LogP contribution in [0.5, 0.6) is 0 Å². The van der Waals surface area contributed by atoms with E-state index in [9.17, 15) is 10.1 Å². The third-order valence-electron chi connectivity index (χ3n) is 6.51. The Morgan fingerprint density at radius 1 is 1.19 bits per heavy atom. The van der Waals surface area contributed by atoms with Crippen molar-refractivity contribution in [3.05, 3.63) is 36.2 Å². The van der Waals surface area contributed by atoms with Gasteiger partial charge in [-0.05, 0) is 68.4 Å². The summed E-state index contributed by atoms with van der Waals surface area (Å²) in [5, 5.41) is 16.8. The van der Waals surface area contributed by atoms with E-state index in [-0.39, 0.29) is 11.3 Å². The van der Waals surface area contributed by atoms with Gasteiger partial charge in [0.25, 0.3) is 0 Å². The van der Waals surface area contributed by atoms with Crippen LogP contribution in [0.15, 0.2) is 30.6 Å². The lowest BCUT2D eigenvalue weighted by atomic mass is 9.49. The first-order valence-electron chi connectivity index (χ1n) is 9.38. The lowest BCUT2D eigenvalue weighted by molar-refractivity contribution is -0.140. The lowest BCUT2D eigenvalue weighted by Crippen LogP contribution is -2.52. The molecule has 4 saturated carbocycles. The molecule has 6 heteroatoms.